The lowest BCUT2D eigenvalue weighted by Crippen LogP contribution is -2.31. The Morgan fingerprint density at radius 3 is 2.79 bits per heavy atom. The number of hydrogen-bond donors (Lipinski definition) is 1. The van der Waals surface area contributed by atoms with E-state index in [1.54, 1.807) is 4.90 Å². The molecule has 1 atom stereocenters. The van der Waals surface area contributed by atoms with Crippen molar-refractivity contribution in [3.05, 3.63) is 63.5 Å². The second-order valence-electron chi connectivity index (χ2n) is 5.79. The number of likely N-dealkylation sites (tertiary alicyclic amines) is 1. The van der Waals surface area contributed by atoms with Crippen LogP contribution in [0.4, 0.5) is 5.69 Å². The molecule has 1 aliphatic rings. The number of phenolic OH excluding ortho intramolecular Hbond substituents is 1. The van der Waals surface area contributed by atoms with Gasteiger partial charge < -0.3 is 10.0 Å². The molecule has 1 aliphatic heterocycles. The normalized spacial score (nSPS) is 17.0. The number of carbonyl (C=O) groups is 1. The topological polar surface area (TPSA) is 96.6 Å². The minimum atomic E-state index is -0.699. The van der Waals surface area contributed by atoms with Crippen molar-refractivity contribution in [3.8, 4) is 5.75 Å². The molecule has 1 aromatic carbocycles. The van der Waals surface area contributed by atoms with Crippen LogP contribution in [0.2, 0.25) is 0 Å². The van der Waals surface area contributed by atoms with Gasteiger partial charge >= 0.3 is 5.69 Å². The first-order chi connectivity index (χ1) is 11.5. The molecule has 2 heterocycles. The highest BCUT2D eigenvalue weighted by atomic mass is 16.6. The summed E-state index contributed by atoms with van der Waals surface area (Å²) in [5.41, 5.74) is 1.14. The molecule has 0 radical (unpaired) electrons. The SMILES string of the molecule is Cc1cccc([C@H]2CCCN2C(=O)c2cccc([N+](=O)[O-])c2O)n1. The van der Waals surface area contributed by atoms with Crippen molar-refractivity contribution < 1.29 is 14.8 Å². The van der Waals surface area contributed by atoms with Gasteiger partial charge in [0.25, 0.3) is 5.91 Å². The zero-order valence-electron chi connectivity index (χ0n) is 13.2. The highest BCUT2D eigenvalue weighted by Crippen LogP contribution is 2.36. The standard InChI is InChI=1S/C17H17N3O4/c1-11-5-2-7-13(18-11)14-9-4-10-19(14)17(22)12-6-3-8-15(16(12)21)20(23)24/h2-3,5-8,14,21H,4,9-10H2,1H3/t14-/m1/s1. The molecule has 24 heavy (non-hydrogen) atoms. The first kappa shape index (κ1) is 15.9. The van der Waals surface area contributed by atoms with Gasteiger partial charge in [-0.25, -0.2) is 0 Å². The third-order valence-corrected chi connectivity index (χ3v) is 4.21. The molecule has 7 nitrogen and oxygen atoms in total. The number of aromatic nitrogens is 1. The van der Waals surface area contributed by atoms with Crippen molar-refractivity contribution in [1.82, 2.24) is 9.88 Å². The van der Waals surface area contributed by atoms with E-state index in [-0.39, 0.29) is 11.6 Å². The highest BCUT2D eigenvalue weighted by Gasteiger charge is 2.34. The van der Waals surface area contributed by atoms with E-state index in [4.69, 9.17) is 0 Å². The van der Waals surface area contributed by atoms with Gasteiger partial charge in [-0.3, -0.25) is 19.9 Å². The maximum Gasteiger partial charge on any atom is 0.311 e. The van der Waals surface area contributed by atoms with Gasteiger partial charge in [0, 0.05) is 18.3 Å². The second kappa shape index (κ2) is 6.27. The lowest BCUT2D eigenvalue weighted by atomic mass is 10.1. The summed E-state index contributed by atoms with van der Waals surface area (Å²) < 4.78 is 0. The average molecular weight is 327 g/mol. The Balaban J connectivity index is 1.95. The molecule has 0 aliphatic carbocycles. The Morgan fingerprint density at radius 1 is 1.33 bits per heavy atom. The summed E-state index contributed by atoms with van der Waals surface area (Å²) in [6.45, 7) is 2.41. The summed E-state index contributed by atoms with van der Waals surface area (Å²) in [4.78, 5) is 29.2. The van der Waals surface area contributed by atoms with Gasteiger partial charge in [-0.05, 0) is 38.0 Å². The average Bonchev–Trinajstić information content (AvgIpc) is 3.03. The predicted molar refractivity (Wildman–Crippen MR) is 86.7 cm³/mol. The van der Waals surface area contributed by atoms with E-state index in [0.29, 0.717) is 6.54 Å². The number of para-hydroxylation sites is 1. The van der Waals surface area contributed by atoms with E-state index in [1.807, 2.05) is 25.1 Å². The first-order valence-corrected chi connectivity index (χ1v) is 7.70. The van der Waals surface area contributed by atoms with Crippen molar-refractivity contribution in [3.63, 3.8) is 0 Å². The van der Waals surface area contributed by atoms with E-state index in [0.717, 1.165) is 24.2 Å². The fourth-order valence-electron chi connectivity index (χ4n) is 3.07. The first-order valence-electron chi connectivity index (χ1n) is 7.70. The van der Waals surface area contributed by atoms with Gasteiger partial charge in [0.05, 0.1) is 22.2 Å². The Hall–Kier alpha value is -2.96. The van der Waals surface area contributed by atoms with Gasteiger partial charge in [0.15, 0.2) is 0 Å². The molecule has 124 valence electrons. The quantitative estimate of drug-likeness (QED) is 0.690. The van der Waals surface area contributed by atoms with Crippen LogP contribution >= 0.6 is 0 Å². The van der Waals surface area contributed by atoms with Crippen LogP contribution in [0.25, 0.3) is 0 Å². The maximum atomic E-state index is 12.8. The van der Waals surface area contributed by atoms with E-state index < -0.39 is 22.3 Å². The third-order valence-electron chi connectivity index (χ3n) is 4.21. The van der Waals surface area contributed by atoms with Crippen molar-refractivity contribution in [2.24, 2.45) is 0 Å². The summed E-state index contributed by atoms with van der Waals surface area (Å²) in [7, 11) is 0. The third kappa shape index (κ3) is 2.80. The smallest absolute Gasteiger partial charge is 0.311 e. The fraction of sp³-hybridized carbons (Fsp3) is 0.294. The summed E-state index contributed by atoms with van der Waals surface area (Å²) in [6.07, 6.45) is 1.60. The minimum absolute atomic E-state index is 0.0521. The van der Waals surface area contributed by atoms with Crippen LogP contribution < -0.4 is 0 Å². The molecular weight excluding hydrogens is 310 g/mol. The van der Waals surface area contributed by atoms with Crippen LogP contribution in [0.5, 0.6) is 5.75 Å². The number of phenols is 1. The van der Waals surface area contributed by atoms with Gasteiger partial charge in [0.2, 0.25) is 5.75 Å². The molecule has 1 amide bonds. The van der Waals surface area contributed by atoms with Crippen LogP contribution in [0, 0.1) is 17.0 Å². The zero-order valence-corrected chi connectivity index (χ0v) is 13.2. The number of benzene rings is 1. The molecule has 2 aromatic rings. The van der Waals surface area contributed by atoms with E-state index in [2.05, 4.69) is 4.98 Å². The van der Waals surface area contributed by atoms with Crippen molar-refractivity contribution in [1.29, 1.82) is 0 Å². The number of rotatable bonds is 3. The number of hydrogen-bond acceptors (Lipinski definition) is 5. The molecule has 0 spiro atoms. The number of carbonyl (C=O) groups excluding carboxylic acids is 1. The van der Waals surface area contributed by atoms with Gasteiger partial charge in [-0.1, -0.05) is 12.1 Å². The van der Waals surface area contributed by atoms with E-state index >= 15 is 0 Å². The predicted octanol–water partition coefficient (Wildman–Crippen LogP) is 2.98. The molecule has 3 rings (SSSR count). The van der Waals surface area contributed by atoms with Gasteiger partial charge in [-0.2, -0.15) is 0 Å². The molecule has 1 fully saturated rings. The minimum Gasteiger partial charge on any atom is -0.502 e. The highest BCUT2D eigenvalue weighted by molar-refractivity contribution is 5.98. The molecule has 1 N–H and O–H groups in total. The number of pyridine rings is 1. The van der Waals surface area contributed by atoms with Gasteiger partial charge in [-0.15, -0.1) is 0 Å². The van der Waals surface area contributed by atoms with E-state index in [9.17, 15) is 20.0 Å². The molecular formula is C17H17N3O4. The van der Waals surface area contributed by atoms with Gasteiger partial charge in [0.1, 0.15) is 0 Å². The van der Waals surface area contributed by atoms with Crippen LogP contribution in [-0.4, -0.2) is 32.4 Å². The summed E-state index contributed by atoms with van der Waals surface area (Å²) >= 11 is 0. The molecule has 0 bridgehead atoms. The Kier molecular flexibility index (Phi) is 4.16. The van der Waals surface area contributed by atoms with Crippen LogP contribution in [0.3, 0.4) is 0 Å². The molecule has 0 unspecified atom stereocenters. The van der Waals surface area contributed by atoms with Crippen LogP contribution in [-0.2, 0) is 0 Å². The number of amides is 1. The molecule has 1 saturated heterocycles. The van der Waals surface area contributed by atoms with Crippen LogP contribution in [0.1, 0.15) is 40.6 Å². The number of aryl methyl sites for hydroxylation is 1. The number of nitro groups is 1. The number of nitrogens with zero attached hydrogens (tertiary/aromatic N) is 3. The summed E-state index contributed by atoms with van der Waals surface area (Å²) in [5, 5.41) is 21.0. The largest absolute Gasteiger partial charge is 0.502 e. The zero-order chi connectivity index (χ0) is 17.3. The summed E-state index contributed by atoms with van der Waals surface area (Å²) in [5.74, 6) is -1.00. The van der Waals surface area contributed by atoms with Crippen molar-refractivity contribution in [2.45, 2.75) is 25.8 Å². The number of aromatic hydroxyl groups is 1. The Labute approximate surface area is 138 Å². The number of nitro benzene ring substituents is 1. The lowest BCUT2D eigenvalue weighted by Gasteiger charge is -2.24. The monoisotopic (exact) mass is 327 g/mol. The maximum absolute atomic E-state index is 12.8. The fourth-order valence-corrected chi connectivity index (χ4v) is 3.07. The van der Waals surface area contributed by atoms with Crippen molar-refractivity contribution >= 4 is 11.6 Å². The van der Waals surface area contributed by atoms with Crippen LogP contribution in [0.15, 0.2) is 36.4 Å². The second-order valence-corrected chi connectivity index (χ2v) is 5.79. The lowest BCUT2D eigenvalue weighted by molar-refractivity contribution is -0.385. The van der Waals surface area contributed by atoms with Crippen molar-refractivity contribution in [2.75, 3.05) is 6.54 Å². The molecule has 1 aromatic heterocycles. The Morgan fingerprint density at radius 2 is 2.08 bits per heavy atom. The molecule has 0 saturated carbocycles. The Bertz CT molecular complexity index is 806. The van der Waals surface area contributed by atoms with E-state index in [1.165, 1.54) is 18.2 Å². The summed E-state index contributed by atoms with van der Waals surface area (Å²) in [6, 6.07) is 9.45. The molecule has 7 heteroatoms.